The minimum Gasteiger partial charge on any atom is -0.328 e. The van der Waals surface area contributed by atoms with E-state index >= 15 is 0 Å². The van der Waals surface area contributed by atoms with Crippen LogP contribution in [0.1, 0.15) is 60.8 Å². The first-order valence-corrected chi connectivity index (χ1v) is 14.6. The predicted octanol–water partition coefficient (Wildman–Crippen LogP) is 6.41. The molecule has 0 saturated carbocycles. The van der Waals surface area contributed by atoms with Crippen LogP contribution < -0.4 is 5.32 Å². The molecule has 0 aliphatic carbocycles. The Morgan fingerprint density at radius 2 is 1.90 bits per heavy atom. The van der Waals surface area contributed by atoms with Crippen molar-refractivity contribution in [1.29, 1.82) is 0 Å². The zero-order valence-electron chi connectivity index (χ0n) is 24.7. The highest BCUT2D eigenvalue weighted by atomic mass is 35.5. The van der Waals surface area contributed by atoms with Crippen molar-refractivity contribution in [2.45, 2.75) is 46.7 Å². The van der Waals surface area contributed by atoms with Gasteiger partial charge in [-0.15, -0.1) is 0 Å². The van der Waals surface area contributed by atoms with Crippen molar-refractivity contribution in [3.8, 4) is 11.3 Å². The molecule has 222 valence electrons. The van der Waals surface area contributed by atoms with Crippen LogP contribution in [0.5, 0.6) is 0 Å². The molecule has 1 aliphatic heterocycles. The van der Waals surface area contributed by atoms with E-state index in [1.807, 2.05) is 47.8 Å². The quantitative estimate of drug-likeness (QED) is 0.256. The first-order valence-electron chi connectivity index (χ1n) is 14.2. The molecule has 0 unspecified atom stereocenters. The Hall–Kier alpha value is -3.56. The van der Waals surface area contributed by atoms with Crippen LogP contribution in [0.2, 0.25) is 5.02 Å². The molecule has 2 atom stereocenters. The fourth-order valence-electron chi connectivity index (χ4n) is 5.72. The summed E-state index contributed by atoms with van der Waals surface area (Å²) >= 11 is 6.33. The average Bonchev–Trinajstić information content (AvgIpc) is 3.63. The molecule has 0 spiro atoms. The summed E-state index contributed by atoms with van der Waals surface area (Å²) in [6.07, 6.45) is 2.82. The maximum absolute atomic E-state index is 14.3. The third-order valence-corrected chi connectivity index (χ3v) is 8.03. The number of nitrogens with one attached hydrogen (secondary N) is 1. The zero-order chi connectivity index (χ0) is 30.2. The molecule has 1 N–H and O–H groups in total. The minimum atomic E-state index is -0.648. The Balaban J connectivity index is 1.67. The lowest BCUT2D eigenvalue weighted by Gasteiger charge is -2.40. The van der Waals surface area contributed by atoms with E-state index in [0.29, 0.717) is 34.3 Å². The van der Waals surface area contributed by atoms with Gasteiger partial charge in [0.1, 0.15) is 17.5 Å². The van der Waals surface area contributed by atoms with Crippen LogP contribution in [0.4, 0.5) is 8.78 Å². The molecule has 0 radical (unpaired) electrons. The van der Waals surface area contributed by atoms with Crippen molar-refractivity contribution in [3.63, 3.8) is 0 Å². The number of halogens is 3. The van der Waals surface area contributed by atoms with Gasteiger partial charge in [-0.1, -0.05) is 44.5 Å². The standard InChI is InChI=1S/C32H37ClF2N6O/c1-20-11-27(38-39(20)5)31(42)41(18-21-9-10-36-16-21)29(32(2,3)4)30-37-28(23-7-6-8-24(33)14-23)19-40(30)17-22-12-25(34)15-26(35)13-22/h6-8,11-15,19,21,29,36H,9-10,16-18H2,1-5H3/t21-,29-/m0/s1. The summed E-state index contributed by atoms with van der Waals surface area (Å²) < 4.78 is 32.1. The van der Waals surface area contributed by atoms with Crippen LogP contribution >= 0.6 is 11.6 Å². The number of carbonyl (C=O) groups excluding carboxylic acids is 1. The molecule has 42 heavy (non-hydrogen) atoms. The number of nitrogens with zero attached hydrogens (tertiary/aromatic N) is 5. The lowest BCUT2D eigenvalue weighted by Crippen LogP contribution is -2.45. The Bertz CT molecular complexity index is 1540. The van der Waals surface area contributed by atoms with E-state index in [9.17, 15) is 13.6 Å². The van der Waals surface area contributed by atoms with Gasteiger partial charge in [-0.3, -0.25) is 9.48 Å². The second-order valence-electron chi connectivity index (χ2n) is 12.3. The molecule has 2 aromatic heterocycles. The van der Waals surface area contributed by atoms with E-state index in [4.69, 9.17) is 16.6 Å². The Morgan fingerprint density at radius 3 is 2.50 bits per heavy atom. The van der Waals surface area contributed by atoms with Crippen LogP contribution in [0.25, 0.3) is 11.3 Å². The van der Waals surface area contributed by atoms with Gasteiger partial charge in [0, 0.05) is 48.7 Å². The number of rotatable bonds is 8. The topological polar surface area (TPSA) is 68.0 Å². The second kappa shape index (κ2) is 12.0. The molecule has 1 amide bonds. The molecule has 1 aliphatic rings. The van der Waals surface area contributed by atoms with Crippen LogP contribution in [0.15, 0.2) is 54.7 Å². The average molecular weight is 595 g/mol. The first-order chi connectivity index (χ1) is 19.9. The minimum absolute atomic E-state index is 0.167. The highest BCUT2D eigenvalue weighted by Gasteiger charge is 2.40. The highest BCUT2D eigenvalue weighted by Crippen LogP contribution is 2.40. The molecular weight excluding hydrogens is 558 g/mol. The summed E-state index contributed by atoms with van der Waals surface area (Å²) in [5, 5.41) is 8.50. The van der Waals surface area contributed by atoms with Gasteiger partial charge in [0.05, 0.1) is 11.7 Å². The lowest BCUT2D eigenvalue weighted by molar-refractivity contribution is 0.0431. The molecule has 0 bridgehead atoms. The Labute approximate surface area is 250 Å². The summed E-state index contributed by atoms with van der Waals surface area (Å²) in [6.45, 7) is 10.5. The number of aromatic nitrogens is 4. The third-order valence-electron chi connectivity index (χ3n) is 7.79. The summed E-state index contributed by atoms with van der Waals surface area (Å²) in [7, 11) is 1.82. The molecule has 4 aromatic rings. The van der Waals surface area contributed by atoms with Gasteiger partial charge >= 0.3 is 0 Å². The summed E-state index contributed by atoms with van der Waals surface area (Å²) in [5.74, 6) is -0.595. The van der Waals surface area contributed by atoms with E-state index in [2.05, 4.69) is 31.2 Å². The van der Waals surface area contributed by atoms with Crippen LogP contribution in [0, 0.1) is 29.9 Å². The predicted molar refractivity (Wildman–Crippen MR) is 160 cm³/mol. The number of benzene rings is 2. The number of amides is 1. The third kappa shape index (κ3) is 6.57. The second-order valence-corrected chi connectivity index (χ2v) is 12.7. The SMILES string of the molecule is Cc1cc(C(=O)N(C[C@H]2CCNC2)[C@@H](c2nc(-c3cccc(Cl)c3)cn2Cc2cc(F)cc(F)c2)C(C)(C)C)nn1C. The van der Waals surface area contributed by atoms with E-state index in [-0.39, 0.29) is 18.4 Å². The van der Waals surface area contributed by atoms with Gasteiger partial charge < -0.3 is 14.8 Å². The number of aryl methyl sites for hydroxylation is 2. The van der Waals surface area contributed by atoms with Crippen molar-refractivity contribution < 1.29 is 13.6 Å². The van der Waals surface area contributed by atoms with Crippen molar-refractivity contribution >= 4 is 17.5 Å². The van der Waals surface area contributed by atoms with Crippen LogP contribution in [-0.2, 0) is 13.6 Å². The number of hydrogen-bond donors (Lipinski definition) is 1. The Morgan fingerprint density at radius 1 is 1.17 bits per heavy atom. The van der Waals surface area contributed by atoms with E-state index in [0.717, 1.165) is 36.8 Å². The molecule has 2 aromatic carbocycles. The molecule has 7 nitrogen and oxygen atoms in total. The molecule has 1 saturated heterocycles. The van der Waals surface area contributed by atoms with Crippen molar-refractivity contribution in [1.82, 2.24) is 29.5 Å². The maximum atomic E-state index is 14.3. The smallest absolute Gasteiger partial charge is 0.275 e. The molecule has 1 fully saturated rings. The summed E-state index contributed by atoms with van der Waals surface area (Å²) in [4.78, 5) is 21.3. The summed E-state index contributed by atoms with van der Waals surface area (Å²) in [6, 6.07) is 12.2. The fourth-order valence-corrected chi connectivity index (χ4v) is 5.91. The van der Waals surface area contributed by atoms with Gasteiger partial charge in [-0.25, -0.2) is 13.8 Å². The fraction of sp³-hybridized carbons (Fsp3) is 0.406. The Kier molecular flexibility index (Phi) is 8.53. The lowest BCUT2D eigenvalue weighted by atomic mass is 9.84. The van der Waals surface area contributed by atoms with Crippen molar-refractivity contribution in [3.05, 3.63) is 94.2 Å². The van der Waals surface area contributed by atoms with Crippen LogP contribution in [-0.4, -0.2) is 49.8 Å². The van der Waals surface area contributed by atoms with Crippen LogP contribution in [0.3, 0.4) is 0 Å². The molecule has 3 heterocycles. The number of hydrogen-bond acceptors (Lipinski definition) is 4. The van der Waals surface area contributed by atoms with E-state index < -0.39 is 23.1 Å². The molecule has 10 heteroatoms. The van der Waals surface area contributed by atoms with Crippen molar-refractivity contribution in [2.24, 2.45) is 18.4 Å². The van der Waals surface area contributed by atoms with Crippen molar-refractivity contribution in [2.75, 3.05) is 19.6 Å². The van der Waals surface area contributed by atoms with E-state index in [1.54, 1.807) is 16.8 Å². The highest BCUT2D eigenvalue weighted by molar-refractivity contribution is 6.30. The van der Waals surface area contributed by atoms with E-state index in [1.165, 1.54) is 12.1 Å². The first kappa shape index (κ1) is 29.9. The van der Waals surface area contributed by atoms with Gasteiger partial charge in [0.15, 0.2) is 5.69 Å². The number of carbonyl (C=O) groups is 1. The van der Waals surface area contributed by atoms with Gasteiger partial charge in [-0.2, -0.15) is 5.10 Å². The maximum Gasteiger partial charge on any atom is 0.275 e. The molecule has 5 rings (SSSR count). The summed E-state index contributed by atoms with van der Waals surface area (Å²) in [5.41, 5.74) is 2.70. The number of imidazole rings is 1. The monoisotopic (exact) mass is 594 g/mol. The normalized spacial score (nSPS) is 16.1. The van der Waals surface area contributed by atoms with Gasteiger partial charge in [-0.05, 0) is 73.7 Å². The van der Waals surface area contributed by atoms with Gasteiger partial charge in [0.25, 0.3) is 5.91 Å². The largest absolute Gasteiger partial charge is 0.328 e. The zero-order valence-corrected chi connectivity index (χ0v) is 25.4. The van der Waals surface area contributed by atoms with Gasteiger partial charge in [0.2, 0.25) is 0 Å². The molecular formula is C32H37ClF2N6O.